The van der Waals surface area contributed by atoms with Crippen LogP contribution in [-0.4, -0.2) is 31.9 Å². The normalized spacial score (nSPS) is 10.6. The van der Waals surface area contributed by atoms with Gasteiger partial charge in [-0.15, -0.1) is 10.2 Å². The molecule has 2 aromatic carbocycles. The molecule has 138 valence electrons. The summed E-state index contributed by atoms with van der Waals surface area (Å²) < 4.78 is 13.0. The second-order valence-corrected chi connectivity index (χ2v) is 5.95. The van der Waals surface area contributed by atoms with Crippen LogP contribution in [0, 0.1) is 5.82 Å². The van der Waals surface area contributed by atoms with E-state index in [-0.39, 0.29) is 24.1 Å². The fourth-order valence-electron chi connectivity index (χ4n) is 2.43. The molecule has 3 aromatic rings. The van der Waals surface area contributed by atoms with Crippen LogP contribution >= 0.6 is 0 Å². The Bertz CT molecular complexity index is 935. The van der Waals surface area contributed by atoms with Crippen molar-refractivity contribution >= 4 is 17.4 Å². The molecule has 0 saturated carbocycles. The lowest BCUT2D eigenvalue weighted by atomic mass is 10.1. The van der Waals surface area contributed by atoms with E-state index in [1.165, 1.54) is 16.9 Å². The van der Waals surface area contributed by atoms with Crippen molar-refractivity contribution in [3.8, 4) is 11.4 Å². The number of anilines is 1. The van der Waals surface area contributed by atoms with Crippen molar-refractivity contribution < 1.29 is 14.0 Å². The van der Waals surface area contributed by atoms with Gasteiger partial charge in [-0.2, -0.15) is 4.80 Å². The second kappa shape index (κ2) is 8.31. The smallest absolute Gasteiger partial charge is 0.224 e. The first kappa shape index (κ1) is 18.4. The van der Waals surface area contributed by atoms with Crippen molar-refractivity contribution in [2.45, 2.75) is 26.3 Å². The van der Waals surface area contributed by atoms with Gasteiger partial charge in [0.2, 0.25) is 11.7 Å². The molecule has 0 fully saturated rings. The number of carbonyl (C=O) groups is 2. The number of benzene rings is 2. The molecule has 1 heterocycles. The number of nitrogens with one attached hydrogen (secondary N) is 1. The Labute approximate surface area is 155 Å². The zero-order valence-corrected chi connectivity index (χ0v) is 14.7. The van der Waals surface area contributed by atoms with E-state index in [9.17, 15) is 14.0 Å². The molecule has 0 aliphatic rings. The fraction of sp³-hybridized carbons (Fsp3) is 0.211. The summed E-state index contributed by atoms with van der Waals surface area (Å²) in [6.45, 7) is 1.86. The highest BCUT2D eigenvalue weighted by Crippen LogP contribution is 2.14. The van der Waals surface area contributed by atoms with E-state index in [0.29, 0.717) is 29.1 Å². The summed E-state index contributed by atoms with van der Waals surface area (Å²) in [5.41, 5.74) is 1.73. The van der Waals surface area contributed by atoms with Gasteiger partial charge in [0.25, 0.3) is 0 Å². The van der Waals surface area contributed by atoms with Crippen molar-refractivity contribution in [3.63, 3.8) is 0 Å². The quantitative estimate of drug-likeness (QED) is 0.648. The summed E-state index contributed by atoms with van der Waals surface area (Å²) in [6, 6.07) is 12.3. The third kappa shape index (κ3) is 4.81. The predicted octanol–water partition coefficient (Wildman–Crippen LogP) is 3.10. The summed E-state index contributed by atoms with van der Waals surface area (Å²) in [5.74, 6) is -0.284. The maximum atomic E-state index is 13.0. The average Bonchev–Trinajstić information content (AvgIpc) is 3.11. The number of Topliss-reactive ketones (excluding diaryl/α,β-unsaturated/α-hetero) is 1. The Morgan fingerprint density at radius 2 is 1.78 bits per heavy atom. The summed E-state index contributed by atoms with van der Waals surface area (Å²) in [5, 5.41) is 14.7. The molecule has 1 N–H and O–H groups in total. The number of ketones is 1. The molecule has 3 rings (SSSR count). The minimum atomic E-state index is -0.351. The minimum absolute atomic E-state index is 0.0586. The molecule has 1 amide bonds. The van der Waals surface area contributed by atoms with Crippen molar-refractivity contribution in [3.05, 3.63) is 59.9 Å². The maximum absolute atomic E-state index is 13.0. The second-order valence-electron chi connectivity index (χ2n) is 5.95. The molecule has 0 saturated heterocycles. The SMILES string of the molecule is CCCC(=O)Nc1ccc(C(=O)Cn2nnc(-c3ccc(F)cc3)n2)cc1. The lowest BCUT2D eigenvalue weighted by Crippen LogP contribution is -2.14. The number of tetrazole rings is 1. The molecular weight excluding hydrogens is 349 g/mol. The summed E-state index contributed by atoms with van der Waals surface area (Å²) >= 11 is 0. The highest BCUT2D eigenvalue weighted by molar-refractivity contribution is 5.97. The summed E-state index contributed by atoms with van der Waals surface area (Å²) in [4.78, 5) is 25.2. The zero-order chi connectivity index (χ0) is 19.2. The van der Waals surface area contributed by atoms with Crippen molar-refractivity contribution in [2.24, 2.45) is 0 Å². The first-order valence-electron chi connectivity index (χ1n) is 8.52. The Hall–Kier alpha value is -3.42. The van der Waals surface area contributed by atoms with Gasteiger partial charge in [-0.3, -0.25) is 9.59 Å². The Morgan fingerprint density at radius 1 is 1.07 bits per heavy atom. The van der Waals surface area contributed by atoms with Crippen LogP contribution in [0.4, 0.5) is 10.1 Å². The molecule has 0 aliphatic heterocycles. The van der Waals surface area contributed by atoms with Crippen LogP contribution in [0.1, 0.15) is 30.1 Å². The molecule has 0 aliphatic carbocycles. The number of amides is 1. The van der Waals surface area contributed by atoms with Crippen LogP contribution in [-0.2, 0) is 11.3 Å². The number of rotatable bonds is 7. The van der Waals surface area contributed by atoms with E-state index < -0.39 is 0 Å². The average molecular weight is 367 g/mol. The summed E-state index contributed by atoms with van der Waals surface area (Å²) in [7, 11) is 0. The fourth-order valence-corrected chi connectivity index (χ4v) is 2.43. The van der Waals surface area contributed by atoms with Gasteiger partial charge in [0.15, 0.2) is 5.78 Å². The molecule has 27 heavy (non-hydrogen) atoms. The van der Waals surface area contributed by atoms with Crippen LogP contribution in [0.25, 0.3) is 11.4 Å². The maximum Gasteiger partial charge on any atom is 0.224 e. The molecule has 0 unspecified atom stereocenters. The number of aromatic nitrogens is 4. The minimum Gasteiger partial charge on any atom is -0.326 e. The van der Waals surface area contributed by atoms with Gasteiger partial charge in [-0.05, 0) is 60.2 Å². The van der Waals surface area contributed by atoms with Crippen LogP contribution in [0.5, 0.6) is 0 Å². The molecule has 1 aromatic heterocycles. The van der Waals surface area contributed by atoms with Crippen LogP contribution in [0.2, 0.25) is 0 Å². The number of halogens is 1. The van der Waals surface area contributed by atoms with Gasteiger partial charge in [-0.1, -0.05) is 6.92 Å². The molecular formula is C19H18FN5O2. The number of hydrogen-bond donors (Lipinski definition) is 1. The van der Waals surface area contributed by atoms with Crippen molar-refractivity contribution in [1.29, 1.82) is 0 Å². The van der Waals surface area contributed by atoms with Crippen LogP contribution in [0.3, 0.4) is 0 Å². The van der Waals surface area contributed by atoms with Gasteiger partial charge >= 0.3 is 0 Å². The lowest BCUT2D eigenvalue weighted by molar-refractivity contribution is -0.116. The highest BCUT2D eigenvalue weighted by Gasteiger charge is 2.12. The van der Waals surface area contributed by atoms with E-state index in [0.717, 1.165) is 6.42 Å². The molecule has 0 bridgehead atoms. The van der Waals surface area contributed by atoms with Gasteiger partial charge in [0.1, 0.15) is 12.4 Å². The number of carbonyl (C=O) groups excluding carboxylic acids is 2. The number of hydrogen-bond acceptors (Lipinski definition) is 5. The van der Waals surface area contributed by atoms with Crippen LogP contribution < -0.4 is 5.32 Å². The topological polar surface area (TPSA) is 89.8 Å². The standard InChI is InChI=1S/C19H18FN5O2/c1-2-3-18(27)21-16-10-6-13(7-11-16)17(26)12-25-23-19(22-24-25)14-4-8-15(20)9-5-14/h4-11H,2-3,12H2,1H3,(H,21,27). The highest BCUT2D eigenvalue weighted by atomic mass is 19.1. The Kier molecular flexibility index (Phi) is 5.65. The zero-order valence-electron chi connectivity index (χ0n) is 14.7. The van der Waals surface area contributed by atoms with E-state index in [2.05, 4.69) is 20.7 Å². The van der Waals surface area contributed by atoms with Gasteiger partial charge in [0, 0.05) is 23.2 Å². The largest absolute Gasteiger partial charge is 0.326 e. The Morgan fingerprint density at radius 3 is 2.44 bits per heavy atom. The van der Waals surface area contributed by atoms with E-state index in [1.807, 2.05) is 6.92 Å². The molecule has 0 radical (unpaired) electrons. The third-order valence-electron chi connectivity index (χ3n) is 3.81. The van der Waals surface area contributed by atoms with Crippen molar-refractivity contribution in [1.82, 2.24) is 20.2 Å². The third-order valence-corrected chi connectivity index (χ3v) is 3.81. The van der Waals surface area contributed by atoms with Crippen LogP contribution in [0.15, 0.2) is 48.5 Å². The van der Waals surface area contributed by atoms with E-state index in [4.69, 9.17) is 0 Å². The van der Waals surface area contributed by atoms with E-state index in [1.54, 1.807) is 36.4 Å². The van der Waals surface area contributed by atoms with Gasteiger partial charge in [-0.25, -0.2) is 4.39 Å². The monoisotopic (exact) mass is 367 g/mol. The first-order chi connectivity index (χ1) is 13.0. The molecule has 7 nitrogen and oxygen atoms in total. The predicted molar refractivity (Wildman–Crippen MR) is 97.5 cm³/mol. The lowest BCUT2D eigenvalue weighted by Gasteiger charge is -2.05. The van der Waals surface area contributed by atoms with Gasteiger partial charge < -0.3 is 5.32 Å². The van der Waals surface area contributed by atoms with E-state index >= 15 is 0 Å². The number of nitrogens with zero attached hydrogens (tertiary/aromatic N) is 4. The first-order valence-corrected chi connectivity index (χ1v) is 8.52. The molecule has 8 heteroatoms. The summed E-state index contributed by atoms with van der Waals surface area (Å²) in [6.07, 6.45) is 1.22. The van der Waals surface area contributed by atoms with Crippen molar-refractivity contribution in [2.75, 3.05) is 5.32 Å². The molecule has 0 atom stereocenters. The Balaban J connectivity index is 1.63. The van der Waals surface area contributed by atoms with Gasteiger partial charge in [0.05, 0.1) is 0 Å². The molecule has 0 spiro atoms.